The molecule has 1 aromatic heterocycles. The van der Waals surface area contributed by atoms with Gasteiger partial charge in [-0.05, 0) is 55.6 Å². The largest absolute Gasteiger partial charge is 0.489 e. The van der Waals surface area contributed by atoms with Gasteiger partial charge in [-0.3, -0.25) is 0 Å². The first-order valence-corrected chi connectivity index (χ1v) is 11.7. The van der Waals surface area contributed by atoms with Gasteiger partial charge < -0.3 is 15.0 Å². The summed E-state index contributed by atoms with van der Waals surface area (Å²) in [5, 5.41) is 3.33. The van der Waals surface area contributed by atoms with E-state index < -0.39 is 17.6 Å². The van der Waals surface area contributed by atoms with Gasteiger partial charge in [-0.25, -0.2) is 14.4 Å². The van der Waals surface area contributed by atoms with Crippen molar-refractivity contribution in [3.8, 4) is 17.0 Å². The maximum Gasteiger partial charge on any atom is 0.420 e. The highest BCUT2D eigenvalue weighted by atomic mass is 19.4. The third-order valence-corrected chi connectivity index (χ3v) is 6.47. The summed E-state index contributed by atoms with van der Waals surface area (Å²) in [6, 6.07) is 8.53. The van der Waals surface area contributed by atoms with Gasteiger partial charge in [0.05, 0.1) is 18.4 Å². The van der Waals surface area contributed by atoms with Crippen LogP contribution in [0.2, 0.25) is 0 Å². The van der Waals surface area contributed by atoms with Crippen LogP contribution in [0.15, 0.2) is 36.5 Å². The van der Waals surface area contributed by atoms with Crippen LogP contribution < -0.4 is 15.0 Å². The Balaban J connectivity index is 1.56. The second kappa shape index (κ2) is 9.11. The molecule has 3 heterocycles. The van der Waals surface area contributed by atoms with E-state index >= 15 is 0 Å². The summed E-state index contributed by atoms with van der Waals surface area (Å²) in [7, 11) is 0. The number of nitrogens with zero attached hydrogens (tertiary/aromatic N) is 3. The molecule has 5 rings (SSSR count). The fourth-order valence-corrected chi connectivity index (χ4v) is 4.74. The molecule has 0 atom stereocenters. The Hall–Kier alpha value is -3.20. The van der Waals surface area contributed by atoms with Crippen molar-refractivity contribution in [2.75, 3.05) is 24.6 Å². The number of fused-ring (bicyclic) bond motifs is 2. The molecule has 0 saturated carbocycles. The molecule has 2 aliphatic rings. The number of rotatable bonds is 4. The van der Waals surface area contributed by atoms with E-state index in [1.54, 1.807) is 0 Å². The molecule has 184 valence electrons. The normalized spacial score (nSPS) is 15.6. The Morgan fingerprint density at radius 3 is 2.74 bits per heavy atom. The fourth-order valence-electron chi connectivity index (χ4n) is 4.74. The predicted octanol–water partition coefficient (Wildman–Crippen LogP) is 5.15. The highest BCUT2D eigenvalue weighted by molar-refractivity contribution is 5.75. The summed E-state index contributed by atoms with van der Waals surface area (Å²) in [6.07, 6.45) is -2.36. The number of benzene rings is 2. The SMILES string of the molecule is CC(C)N1CCOc2c1cc(-c1nc(Cc3ccc4c(c3)CCNC4)ncc1F)cc2C(F)(F)F. The number of ether oxygens (including phenoxy) is 1. The Labute approximate surface area is 201 Å². The van der Waals surface area contributed by atoms with Crippen molar-refractivity contribution in [1.82, 2.24) is 15.3 Å². The van der Waals surface area contributed by atoms with E-state index in [0.717, 1.165) is 37.3 Å². The molecule has 1 N–H and O–H groups in total. The summed E-state index contributed by atoms with van der Waals surface area (Å²) >= 11 is 0. The number of hydrogen-bond acceptors (Lipinski definition) is 5. The lowest BCUT2D eigenvalue weighted by Crippen LogP contribution is -2.38. The van der Waals surface area contributed by atoms with Crippen molar-refractivity contribution in [3.05, 3.63) is 70.4 Å². The van der Waals surface area contributed by atoms with E-state index in [-0.39, 0.29) is 29.7 Å². The van der Waals surface area contributed by atoms with Crippen molar-refractivity contribution in [2.45, 2.75) is 45.5 Å². The number of alkyl halides is 3. The second-order valence-corrected chi connectivity index (χ2v) is 9.19. The second-order valence-electron chi connectivity index (χ2n) is 9.19. The molecule has 0 fully saturated rings. The lowest BCUT2D eigenvalue weighted by atomic mass is 9.97. The number of aromatic nitrogens is 2. The summed E-state index contributed by atoms with van der Waals surface area (Å²) in [5.74, 6) is -0.649. The Kier molecular flexibility index (Phi) is 6.13. The summed E-state index contributed by atoms with van der Waals surface area (Å²) < 4.78 is 62.2. The average Bonchev–Trinajstić information content (AvgIpc) is 2.83. The van der Waals surface area contributed by atoms with Crippen molar-refractivity contribution in [1.29, 1.82) is 0 Å². The van der Waals surface area contributed by atoms with E-state index in [1.807, 2.05) is 24.8 Å². The summed E-state index contributed by atoms with van der Waals surface area (Å²) in [5.41, 5.74) is 2.72. The Morgan fingerprint density at radius 1 is 1.14 bits per heavy atom. The van der Waals surface area contributed by atoms with Gasteiger partial charge in [-0.1, -0.05) is 18.2 Å². The minimum atomic E-state index is -4.66. The van der Waals surface area contributed by atoms with Crippen LogP contribution in [0.25, 0.3) is 11.3 Å². The van der Waals surface area contributed by atoms with Gasteiger partial charge in [0.2, 0.25) is 0 Å². The van der Waals surface area contributed by atoms with E-state index in [4.69, 9.17) is 4.74 Å². The molecule has 0 unspecified atom stereocenters. The Morgan fingerprint density at radius 2 is 1.97 bits per heavy atom. The summed E-state index contributed by atoms with van der Waals surface area (Å²) in [4.78, 5) is 10.3. The number of nitrogens with one attached hydrogen (secondary N) is 1. The highest BCUT2D eigenvalue weighted by Crippen LogP contribution is 2.46. The van der Waals surface area contributed by atoms with Gasteiger partial charge in [0.15, 0.2) is 11.6 Å². The zero-order chi connectivity index (χ0) is 24.7. The third-order valence-electron chi connectivity index (χ3n) is 6.47. The fraction of sp³-hybridized carbons (Fsp3) is 0.385. The van der Waals surface area contributed by atoms with Crippen LogP contribution in [0.3, 0.4) is 0 Å². The molecule has 0 spiro atoms. The van der Waals surface area contributed by atoms with Crippen LogP contribution in [0.5, 0.6) is 5.75 Å². The molecule has 3 aromatic rings. The van der Waals surface area contributed by atoms with Crippen molar-refractivity contribution >= 4 is 5.69 Å². The summed E-state index contributed by atoms with van der Waals surface area (Å²) in [6.45, 7) is 6.11. The van der Waals surface area contributed by atoms with Gasteiger partial charge in [-0.15, -0.1) is 0 Å². The first-order chi connectivity index (χ1) is 16.7. The van der Waals surface area contributed by atoms with Gasteiger partial charge in [0, 0.05) is 24.6 Å². The van der Waals surface area contributed by atoms with E-state index in [2.05, 4.69) is 27.4 Å². The van der Waals surface area contributed by atoms with Crippen molar-refractivity contribution in [2.24, 2.45) is 0 Å². The molecule has 0 amide bonds. The van der Waals surface area contributed by atoms with E-state index in [1.165, 1.54) is 17.2 Å². The van der Waals surface area contributed by atoms with Crippen LogP contribution in [-0.4, -0.2) is 35.7 Å². The van der Waals surface area contributed by atoms with Crippen LogP contribution in [0, 0.1) is 5.82 Å². The van der Waals surface area contributed by atoms with Crippen molar-refractivity contribution < 1.29 is 22.3 Å². The molecule has 2 aliphatic heterocycles. The van der Waals surface area contributed by atoms with Gasteiger partial charge in [0.25, 0.3) is 0 Å². The number of anilines is 1. The molecule has 5 nitrogen and oxygen atoms in total. The monoisotopic (exact) mass is 486 g/mol. The molecule has 0 saturated heterocycles. The smallest absolute Gasteiger partial charge is 0.420 e. The van der Waals surface area contributed by atoms with Gasteiger partial charge >= 0.3 is 6.18 Å². The highest BCUT2D eigenvalue weighted by Gasteiger charge is 2.39. The maximum atomic E-state index is 14.9. The topological polar surface area (TPSA) is 50.3 Å². The first-order valence-electron chi connectivity index (χ1n) is 11.7. The number of hydrogen-bond donors (Lipinski definition) is 1. The molecule has 0 aliphatic carbocycles. The molecular weight excluding hydrogens is 460 g/mol. The van der Waals surface area contributed by atoms with Gasteiger partial charge in [-0.2, -0.15) is 13.2 Å². The van der Waals surface area contributed by atoms with E-state index in [0.29, 0.717) is 24.5 Å². The minimum Gasteiger partial charge on any atom is -0.489 e. The molecule has 2 aromatic carbocycles. The van der Waals surface area contributed by atoms with Gasteiger partial charge in [0.1, 0.15) is 23.7 Å². The lowest BCUT2D eigenvalue weighted by Gasteiger charge is -2.36. The van der Waals surface area contributed by atoms with Crippen LogP contribution >= 0.6 is 0 Å². The van der Waals surface area contributed by atoms with Crippen LogP contribution in [-0.2, 0) is 25.6 Å². The van der Waals surface area contributed by atoms with E-state index in [9.17, 15) is 17.6 Å². The molecule has 0 bridgehead atoms. The average molecular weight is 487 g/mol. The van der Waals surface area contributed by atoms with Crippen LogP contribution in [0.1, 0.15) is 41.9 Å². The van der Waals surface area contributed by atoms with Crippen molar-refractivity contribution in [3.63, 3.8) is 0 Å². The molecule has 35 heavy (non-hydrogen) atoms. The Bertz CT molecular complexity index is 1260. The standard InChI is InChI=1S/C26H26F4N4O/c1-15(2)34-7-8-35-25-20(26(28,29)30)11-19(12-22(25)34)24-21(27)14-32-23(33-24)10-16-3-4-18-13-31-6-5-17(18)9-16/h3-4,9,11-12,14-15,31H,5-8,10,13H2,1-2H3. The zero-order valence-corrected chi connectivity index (χ0v) is 19.5. The third kappa shape index (κ3) is 4.69. The molecule has 0 radical (unpaired) electrons. The molecular formula is C26H26F4N4O. The van der Waals surface area contributed by atoms with Crippen LogP contribution in [0.4, 0.5) is 23.2 Å². The minimum absolute atomic E-state index is 0.0462. The molecule has 9 heteroatoms. The maximum absolute atomic E-state index is 14.9. The first kappa shape index (κ1) is 23.5. The predicted molar refractivity (Wildman–Crippen MR) is 125 cm³/mol. The zero-order valence-electron chi connectivity index (χ0n) is 19.5. The lowest BCUT2D eigenvalue weighted by molar-refractivity contribution is -0.139. The quantitative estimate of drug-likeness (QED) is 0.518. The number of halogens is 4.